The minimum absolute atomic E-state index is 0.0490. The van der Waals surface area contributed by atoms with Crippen molar-refractivity contribution in [3.8, 4) is 11.1 Å². The van der Waals surface area contributed by atoms with Crippen molar-refractivity contribution in [2.75, 3.05) is 11.9 Å². The maximum Gasteiger partial charge on any atom is 0.411 e. The molecule has 0 bridgehead atoms. The van der Waals surface area contributed by atoms with Crippen LogP contribution in [-0.4, -0.2) is 35.7 Å². The molecule has 0 heterocycles. The molecule has 34 heavy (non-hydrogen) atoms. The smallest absolute Gasteiger partial charge is 0.411 e. The minimum atomic E-state index is -0.991. The molecule has 7 heteroatoms. The molecule has 0 saturated carbocycles. The first-order valence-electron chi connectivity index (χ1n) is 11.1. The van der Waals surface area contributed by atoms with E-state index in [1.54, 1.807) is 32.0 Å². The number of rotatable bonds is 7. The van der Waals surface area contributed by atoms with Gasteiger partial charge in [0.05, 0.1) is 6.42 Å². The van der Waals surface area contributed by atoms with Crippen LogP contribution in [0.15, 0.2) is 66.7 Å². The molecule has 4 rings (SSSR count). The lowest BCUT2D eigenvalue weighted by Crippen LogP contribution is -2.34. The number of anilines is 1. The Labute approximate surface area is 197 Å². The Morgan fingerprint density at radius 1 is 0.941 bits per heavy atom. The van der Waals surface area contributed by atoms with Crippen molar-refractivity contribution in [2.45, 2.75) is 32.2 Å². The molecular formula is C27H26N2O5. The summed E-state index contributed by atoms with van der Waals surface area (Å²) in [5.41, 5.74) is 5.93. The molecule has 7 nitrogen and oxygen atoms in total. The van der Waals surface area contributed by atoms with Gasteiger partial charge in [-0.05, 0) is 53.8 Å². The van der Waals surface area contributed by atoms with Gasteiger partial charge in [0, 0.05) is 23.2 Å². The Kier molecular flexibility index (Phi) is 6.63. The van der Waals surface area contributed by atoms with Gasteiger partial charge in [0.25, 0.3) is 5.91 Å². The molecule has 0 aromatic heterocycles. The first-order chi connectivity index (χ1) is 16.3. The zero-order valence-corrected chi connectivity index (χ0v) is 19.0. The Hall–Kier alpha value is -4.13. The number of ether oxygens (including phenoxy) is 1. The maximum atomic E-state index is 12.6. The highest BCUT2D eigenvalue weighted by Crippen LogP contribution is 2.44. The topological polar surface area (TPSA) is 105 Å². The number of hydrogen-bond donors (Lipinski definition) is 3. The fourth-order valence-electron chi connectivity index (χ4n) is 4.38. The molecule has 3 aromatic carbocycles. The number of carbonyl (C=O) groups is 3. The molecule has 0 aliphatic heterocycles. The van der Waals surface area contributed by atoms with E-state index in [1.807, 2.05) is 24.3 Å². The minimum Gasteiger partial charge on any atom is -0.481 e. The second kappa shape index (κ2) is 9.79. The van der Waals surface area contributed by atoms with Crippen LogP contribution in [0, 0.1) is 6.92 Å². The third-order valence-corrected chi connectivity index (χ3v) is 6.02. The zero-order chi connectivity index (χ0) is 24.2. The lowest BCUT2D eigenvalue weighted by Gasteiger charge is -2.17. The van der Waals surface area contributed by atoms with Crippen LogP contribution in [0.4, 0.5) is 10.5 Å². The summed E-state index contributed by atoms with van der Waals surface area (Å²) in [5, 5.41) is 14.3. The second-order valence-electron chi connectivity index (χ2n) is 8.40. The molecule has 1 unspecified atom stereocenters. The summed E-state index contributed by atoms with van der Waals surface area (Å²) in [6.45, 7) is 3.53. The highest BCUT2D eigenvalue weighted by atomic mass is 16.5. The van der Waals surface area contributed by atoms with Gasteiger partial charge < -0.3 is 15.2 Å². The molecule has 0 spiro atoms. The van der Waals surface area contributed by atoms with Crippen LogP contribution in [-0.2, 0) is 9.53 Å². The summed E-state index contributed by atoms with van der Waals surface area (Å²) < 4.78 is 5.59. The van der Waals surface area contributed by atoms with E-state index < -0.39 is 24.0 Å². The summed E-state index contributed by atoms with van der Waals surface area (Å²) >= 11 is 0. The largest absolute Gasteiger partial charge is 0.481 e. The molecule has 174 valence electrons. The van der Waals surface area contributed by atoms with Crippen LogP contribution in [0.3, 0.4) is 0 Å². The van der Waals surface area contributed by atoms with E-state index >= 15 is 0 Å². The first kappa shape index (κ1) is 23.0. The summed E-state index contributed by atoms with van der Waals surface area (Å²) in [5.74, 6) is -1.44. The van der Waals surface area contributed by atoms with Gasteiger partial charge in [-0.2, -0.15) is 0 Å². The van der Waals surface area contributed by atoms with E-state index in [4.69, 9.17) is 9.84 Å². The molecule has 3 N–H and O–H groups in total. The zero-order valence-electron chi connectivity index (χ0n) is 19.0. The number of nitrogens with one attached hydrogen (secondary N) is 2. The summed E-state index contributed by atoms with van der Waals surface area (Å²) in [4.78, 5) is 36.1. The van der Waals surface area contributed by atoms with Gasteiger partial charge in [-0.1, -0.05) is 54.6 Å². The van der Waals surface area contributed by atoms with E-state index in [0.29, 0.717) is 16.8 Å². The fourth-order valence-corrected chi connectivity index (χ4v) is 4.38. The van der Waals surface area contributed by atoms with E-state index in [2.05, 4.69) is 34.9 Å². The second-order valence-corrected chi connectivity index (χ2v) is 8.40. The van der Waals surface area contributed by atoms with Crippen molar-refractivity contribution in [3.63, 3.8) is 0 Å². The van der Waals surface area contributed by atoms with Crippen molar-refractivity contribution in [1.29, 1.82) is 0 Å². The molecule has 2 amide bonds. The first-order valence-corrected chi connectivity index (χ1v) is 11.1. The third kappa shape index (κ3) is 4.78. The van der Waals surface area contributed by atoms with Crippen molar-refractivity contribution in [2.24, 2.45) is 0 Å². The van der Waals surface area contributed by atoms with Gasteiger partial charge in [-0.25, -0.2) is 4.79 Å². The van der Waals surface area contributed by atoms with E-state index in [1.165, 1.54) is 0 Å². The number of hydrogen-bond acceptors (Lipinski definition) is 4. The molecule has 1 atom stereocenters. The maximum absolute atomic E-state index is 12.6. The van der Waals surface area contributed by atoms with Gasteiger partial charge >= 0.3 is 12.1 Å². The predicted molar refractivity (Wildman–Crippen MR) is 129 cm³/mol. The molecule has 1 aliphatic rings. The quantitative estimate of drug-likeness (QED) is 0.465. The lowest BCUT2D eigenvalue weighted by atomic mass is 9.98. The molecular weight excluding hydrogens is 432 g/mol. The monoisotopic (exact) mass is 458 g/mol. The number of carboxylic acid groups (broad SMARTS) is 1. The number of carbonyl (C=O) groups excluding carboxylic acids is 2. The molecule has 0 fully saturated rings. The molecule has 1 aliphatic carbocycles. The van der Waals surface area contributed by atoms with Gasteiger partial charge in [0.1, 0.15) is 6.61 Å². The number of amides is 2. The summed E-state index contributed by atoms with van der Waals surface area (Å²) in [6, 6.07) is 20.7. The lowest BCUT2D eigenvalue weighted by molar-refractivity contribution is -0.137. The van der Waals surface area contributed by atoms with Gasteiger partial charge in [0.2, 0.25) is 0 Å². The van der Waals surface area contributed by atoms with Crippen LogP contribution in [0.1, 0.15) is 46.3 Å². The molecule has 3 aromatic rings. The van der Waals surface area contributed by atoms with Crippen LogP contribution in [0.5, 0.6) is 0 Å². The van der Waals surface area contributed by atoms with Crippen LogP contribution >= 0.6 is 0 Å². The van der Waals surface area contributed by atoms with Crippen LogP contribution in [0.2, 0.25) is 0 Å². The van der Waals surface area contributed by atoms with Crippen molar-refractivity contribution >= 4 is 23.7 Å². The van der Waals surface area contributed by atoms with Gasteiger partial charge in [0.15, 0.2) is 0 Å². The average molecular weight is 459 g/mol. The molecule has 0 radical (unpaired) electrons. The van der Waals surface area contributed by atoms with Crippen LogP contribution < -0.4 is 10.6 Å². The number of aliphatic carboxylic acids is 1. The van der Waals surface area contributed by atoms with E-state index in [-0.39, 0.29) is 18.9 Å². The van der Waals surface area contributed by atoms with E-state index in [9.17, 15) is 14.4 Å². The number of carboxylic acids is 1. The SMILES string of the molecule is Cc1c(NC(=O)OCC2c3ccccc3-c3ccccc32)cccc1C(=O)NC(C)CC(=O)O. The Morgan fingerprint density at radius 2 is 1.56 bits per heavy atom. The Balaban J connectivity index is 1.43. The predicted octanol–water partition coefficient (Wildman–Crippen LogP) is 4.95. The van der Waals surface area contributed by atoms with Crippen LogP contribution in [0.25, 0.3) is 11.1 Å². The number of benzene rings is 3. The van der Waals surface area contributed by atoms with Gasteiger partial charge in [-0.3, -0.25) is 14.9 Å². The third-order valence-electron chi connectivity index (χ3n) is 6.02. The van der Waals surface area contributed by atoms with Gasteiger partial charge in [-0.15, -0.1) is 0 Å². The summed E-state index contributed by atoms with van der Waals surface area (Å²) in [6.07, 6.45) is -0.788. The standard InChI is InChI=1S/C27H26N2O5/c1-16(14-25(30)31)28-26(32)18-12-7-13-24(17(18)2)29-27(33)34-15-23-21-10-5-3-8-19(21)20-9-4-6-11-22(20)23/h3-13,16,23H,14-15H2,1-2H3,(H,28,32)(H,29,33)(H,30,31). The Bertz CT molecular complexity index is 1210. The number of fused-ring (bicyclic) bond motifs is 3. The van der Waals surface area contributed by atoms with E-state index in [0.717, 1.165) is 22.3 Å². The van der Waals surface area contributed by atoms with Crippen molar-refractivity contribution in [3.05, 3.63) is 89.0 Å². The molecule has 0 saturated heterocycles. The fraction of sp³-hybridized carbons (Fsp3) is 0.222. The van der Waals surface area contributed by atoms with Crippen molar-refractivity contribution < 1.29 is 24.2 Å². The highest BCUT2D eigenvalue weighted by Gasteiger charge is 2.29. The Morgan fingerprint density at radius 3 is 2.18 bits per heavy atom. The highest BCUT2D eigenvalue weighted by molar-refractivity contribution is 5.98. The normalized spacial score (nSPS) is 12.9. The average Bonchev–Trinajstić information content (AvgIpc) is 3.12. The van der Waals surface area contributed by atoms with Crippen molar-refractivity contribution in [1.82, 2.24) is 5.32 Å². The summed E-state index contributed by atoms with van der Waals surface area (Å²) in [7, 11) is 0.